The molecule has 0 aromatic heterocycles. The lowest BCUT2D eigenvalue weighted by Gasteiger charge is -2.05. The minimum absolute atomic E-state index is 0. The molecule has 0 aliphatic heterocycles. The Balaban J connectivity index is 0. The Hall–Kier alpha value is 0.170. The van der Waals surface area contributed by atoms with E-state index in [0.29, 0.717) is 13.3 Å². The fourth-order valence-corrected chi connectivity index (χ4v) is 3.05. The highest BCUT2D eigenvalue weighted by Gasteiger charge is 1.95. The number of halogens is 1. The smallest absolute Gasteiger partial charge is 0.0966 e. The van der Waals surface area contributed by atoms with Crippen LogP contribution in [0, 0.1) is 0 Å². The number of unbranched alkanes of at least 4 members (excludes halogenated alkanes) is 15. The topological polar surface area (TPSA) is 41.5 Å². The molecule has 0 aromatic carbocycles. The van der Waals surface area contributed by atoms with Gasteiger partial charge in [0.1, 0.15) is 0 Å². The molecule has 0 unspecified atom stereocenters. The van der Waals surface area contributed by atoms with Gasteiger partial charge in [-0.3, -0.25) is 5.32 Å². The van der Waals surface area contributed by atoms with Gasteiger partial charge in [0.25, 0.3) is 0 Å². The SMILES string of the molecule is CCCCCCCCCCCCCCCCCCOCNCCO.Cl. The van der Waals surface area contributed by atoms with Crippen LogP contribution >= 0.6 is 12.4 Å². The van der Waals surface area contributed by atoms with Crippen molar-refractivity contribution >= 4 is 12.4 Å². The van der Waals surface area contributed by atoms with Gasteiger partial charge < -0.3 is 9.84 Å². The number of aliphatic hydroxyl groups excluding tert-OH is 1. The third kappa shape index (κ3) is 26.5. The first-order chi connectivity index (χ1) is 11.9. The zero-order valence-corrected chi connectivity index (χ0v) is 17.7. The van der Waals surface area contributed by atoms with E-state index in [4.69, 9.17) is 9.84 Å². The van der Waals surface area contributed by atoms with E-state index in [1.54, 1.807) is 0 Å². The average Bonchev–Trinajstić information content (AvgIpc) is 2.60. The van der Waals surface area contributed by atoms with Crippen LogP contribution in [0.1, 0.15) is 110 Å². The summed E-state index contributed by atoms with van der Waals surface area (Å²) in [6.07, 6.45) is 22.4. The molecule has 0 rings (SSSR count). The monoisotopic (exact) mass is 379 g/mol. The van der Waals surface area contributed by atoms with Crippen LogP contribution in [0.4, 0.5) is 0 Å². The lowest BCUT2D eigenvalue weighted by Crippen LogP contribution is -2.21. The molecule has 4 heteroatoms. The largest absolute Gasteiger partial charge is 0.395 e. The van der Waals surface area contributed by atoms with Crippen molar-refractivity contribution in [2.75, 3.05) is 26.5 Å². The molecule has 25 heavy (non-hydrogen) atoms. The minimum atomic E-state index is 0. The van der Waals surface area contributed by atoms with Gasteiger partial charge in [0.05, 0.1) is 13.3 Å². The van der Waals surface area contributed by atoms with Crippen LogP contribution in [0.25, 0.3) is 0 Å². The molecule has 0 amide bonds. The minimum Gasteiger partial charge on any atom is -0.395 e. The van der Waals surface area contributed by atoms with Crippen LogP contribution in [0.3, 0.4) is 0 Å². The second-order valence-electron chi connectivity index (χ2n) is 7.08. The second kappa shape index (κ2) is 26.4. The summed E-state index contributed by atoms with van der Waals surface area (Å²) in [6, 6.07) is 0. The van der Waals surface area contributed by atoms with Crippen molar-refractivity contribution in [1.29, 1.82) is 0 Å². The zero-order chi connectivity index (χ0) is 17.6. The molecular formula is C21H46ClNO2. The van der Waals surface area contributed by atoms with Crippen LogP contribution in [0.5, 0.6) is 0 Å². The van der Waals surface area contributed by atoms with Crippen molar-refractivity contribution in [3.05, 3.63) is 0 Å². The molecule has 0 aliphatic rings. The number of hydrogen-bond donors (Lipinski definition) is 2. The molecule has 0 spiro atoms. The summed E-state index contributed by atoms with van der Waals surface area (Å²) in [4.78, 5) is 0. The summed E-state index contributed by atoms with van der Waals surface area (Å²) in [5.41, 5.74) is 0. The summed E-state index contributed by atoms with van der Waals surface area (Å²) >= 11 is 0. The molecular weight excluding hydrogens is 334 g/mol. The van der Waals surface area contributed by atoms with Gasteiger partial charge >= 0.3 is 0 Å². The first-order valence-electron chi connectivity index (χ1n) is 10.8. The van der Waals surface area contributed by atoms with Gasteiger partial charge in [-0.25, -0.2) is 0 Å². The molecule has 0 atom stereocenters. The molecule has 0 saturated heterocycles. The van der Waals surface area contributed by atoms with Crippen LogP contribution < -0.4 is 5.32 Å². The predicted octanol–water partition coefficient (Wildman–Crippen LogP) is 6.23. The van der Waals surface area contributed by atoms with Crippen LogP contribution in [0.15, 0.2) is 0 Å². The number of hydrogen-bond acceptors (Lipinski definition) is 3. The summed E-state index contributed by atoms with van der Waals surface area (Å²) in [5, 5.41) is 11.6. The maximum atomic E-state index is 8.60. The maximum Gasteiger partial charge on any atom is 0.0966 e. The average molecular weight is 380 g/mol. The molecule has 0 aliphatic carbocycles. The van der Waals surface area contributed by atoms with Gasteiger partial charge in [-0.2, -0.15) is 0 Å². The highest BCUT2D eigenvalue weighted by atomic mass is 35.5. The summed E-state index contributed by atoms with van der Waals surface area (Å²) in [6.45, 7) is 4.51. The van der Waals surface area contributed by atoms with Gasteiger partial charge in [-0.15, -0.1) is 12.4 Å². The zero-order valence-electron chi connectivity index (χ0n) is 16.9. The van der Waals surface area contributed by atoms with Crippen molar-refractivity contribution in [2.24, 2.45) is 0 Å². The van der Waals surface area contributed by atoms with Crippen molar-refractivity contribution in [2.45, 2.75) is 110 Å². The fraction of sp³-hybridized carbons (Fsp3) is 1.00. The second-order valence-corrected chi connectivity index (χ2v) is 7.08. The third-order valence-corrected chi connectivity index (χ3v) is 4.63. The molecule has 0 saturated carbocycles. The first kappa shape index (κ1) is 27.4. The van der Waals surface area contributed by atoms with Crippen molar-refractivity contribution in [3.63, 3.8) is 0 Å². The van der Waals surface area contributed by atoms with Crippen LogP contribution in [-0.2, 0) is 4.74 Å². The van der Waals surface area contributed by atoms with Crippen LogP contribution in [0.2, 0.25) is 0 Å². The Bertz CT molecular complexity index is 196. The Labute approximate surface area is 164 Å². The lowest BCUT2D eigenvalue weighted by molar-refractivity contribution is 0.108. The molecule has 2 N–H and O–H groups in total. The number of rotatable bonds is 21. The van der Waals surface area contributed by atoms with Crippen molar-refractivity contribution in [1.82, 2.24) is 5.32 Å². The summed E-state index contributed by atoms with van der Waals surface area (Å²) < 4.78 is 5.43. The van der Waals surface area contributed by atoms with Crippen LogP contribution in [-0.4, -0.2) is 31.6 Å². The standard InChI is InChI=1S/C21H45NO2.ClH/c1-2-3-4-5-6-7-8-9-10-11-12-13-14-15-16-17-20-24-21-22-18-19-23;/h22-23H,2-21H2,1H3;1H. The van der Waals surface area contributed by atoms with E-state index < -0.39 is 0 Å². The van der Waals surface area contributed by atoms with E-state index >= 15 is 0 Å². The predicted molar refractivity (Wildman–Crippen MR) is 113 cm³/mol. The van der Waals surface area contributed by atoms with E-state index in [1.165, 1.54) is 103 Å². The molecule has 0 aromatic rings. The van der Waals surface area contributed by atoms with Gasteiger partial charge in [-0.05, 0) is 6.42 Å². The number of nitrogens with one attached hydrogen (secondary N) is 1. The third-order valence-electron chi connectivity index (χ3n) is 4.63. The van der Waals surface area contributed by atoms with E-state index in [0.717, 1.165) is 6.61 Å². The number of aliphatic hydroxyl groups is 1. The Kier molecular flexibility index (Phi) is 28.9. The quantitative estimate of drug-likeness (QED) is 0.183. The summed E-state index contributed by atoms with van der Waals surface area (Å²) in [5.74, 6) is 0. The van der Waals surface area contributed by atoms with E-state index in [9.17, 15) is 0 Å². The van der Waals surface area contributed by atoms with Gasteiger partial charge in [0.15, 0.2) is 0 Å². The molecule has 3 nitrogen and oxygen atoms in total. The van der Waals surface area contributed by atoms with Gasteiger partial charge in [0, 0.05) is 13.2 Å². The highest BCUT2D eigenvalue weighted by Crippen LogP contribution is 2.13. The number of ether oxygens (including phenoxy) is 1. The Morgan fingerprint density at radius 3 is 1.44 bits per heavy atom. The fourth-order valence-electron chi connectivity index (χ4n) is 3.05. The van der Waals surface area contributed by atoms with E-state index in [2.05, 4.69) is 12.2 Å². The lowest BCUT2D eigenvalue weighted by atomic mass is 10.0. The molecule has 0 radical (unpaired) electrons. The Morgan fingerprint density at radius 2 is 1.04 bits per heavy atom. The molecule has 0 bridgehead atoms. The molecule has 154 valence electrons. The van der Waals surface area contributed by atoms with E-state index in [-0.39, 0.29) is 19.0 Å². The molecule has 0 fully saturated rings. The van der Waals surface area contributed by atoms with Crippen molar-refractivity contribution in [3.8, 4) is 0 Å². The van der Waals surface area contributed by atoms with Crippen molar-refractivity contribution < 1.29 is 9.84 Å². The van der Waals surface area contributed by atoms with Gasteiger partial charge in [0.2, 0.25) is 0 Å². The first-order valence-corrected chi connectivity index (χ1v) is 10.8. The maximum absolute atomic E-state index is 8.60. The van der Waals surface area contributed by atoms with E-state index in [1.807, 2.05) is 0 Å². The highest BCUT2D eigenvalue weighted by molar-refractivity contribution is 5.85. The molecule has 0 heterocycles. The summed E-state index contributed by atoms with van der Waals surface area (Å²) in [7, 11) is 0. The normalized spacial score (nSPS) is 10.8. The Morgan fingerprint density at radius 1 is 0.640 bits per heavy atom. The van der Waals surface area contributed by atoms with Gasteiger partial charge in [-0.1, -0.05) is 103 Å².